The van der Waals surface area contributed by atoms with E-state index in [1.54, 1.807) is 0 Å². The van der Waals surface area contributed by atoms with Crippen molar-refractivity contribution in [3.63, 3.8) is 0 Å². The summed E-state index contributed by atoms with van der Waals surface area (Å²) in [6, 6.07) is 3.05. The Bertz CT molecular complexity index is 495. The molecule has 1 rings (SSSR count). The average molecular weight is 365 g/mol. The number of hydrogen-bond acceptors (Lipinski definition) is 2. The van der Waals surface area contributed by atoms with Crippen molar-refractivity contribution in [2.75, 3.05) is 7.11 Å². The van der Waals surface area contributed by atoms with Crippen molar-refractivity contribution in [3.8, 4) is 5.75 Å². The maximum atomic E-state index is 12.4. The van der Waals surface area contributed by atoms with Crippen molar-refractivity contribution in [1.29, 1.82) is 0 Å². The van der Waals surface area contributed by atoms with Crippen LogP contribution in [-0.2, 0) is 0 Å². The van der Waals surface area contributed by atoms with Gasteiger partial charge in [-0.2, -0.15) is 26.3 Å². The molecule has 9 heteroatoms. The van der Waals surface area contributed by atoms with Gasteiger partial charge in [-0.3, -0.25) is 4.79 Å². The number of carbonyl (C=O) groups excluding carboxylic acids is 1. The van der Waals surface area contributed by atoms with Crippen molar-refractivity contribution >= 4 is 21.7 Å². The van der Waals surface area contributed by atoms with E-state index in [4.69, 9.17) is 4.74 Å². The summed E-state index contributed by atoms with van der Waals surface area (Å²) in [6.45, 7) is 0. The molecule has 0 heterocycles. The van der Waals surface area contributed by atoms with E-state index in [1.807, 2.05) is 0 Å². The lowest BCUT2D eigenvalue weighted by Crippen LogP contribution is -2.42. The average Bonchev–Trinajstić information content (AvgIpc) is 2.24. The SMILES string of the molecule is COc1ccc(C(=O)C(C(F)(F)F)C(F)(F)F)c(Br)c1. The molecule has 0 atom stereocenters. The van der Waals surface area contributed by atoms with E-state index in [1.165, 1.54) is 7.11 Å². The van der Waals surface area contributed by atoms with Gasteiger partial charge in [0.1, 0.15) is 5.75 Å². The molecule has 0 amide bonds. The molecule has 1 aromatic carbocycles. The molecule has 1 aromatic rings. The number of Topliss-reactive ketones (excluding diaryl/α,β-unsaturated/α-hetero) is 1. The molecule has 0 fully saturated rings. The van der Waals surface area contributed by atoms with Crippen molar-refractivity contribution in [3.05, 3.63) is 28.2 Å². The molecule has 2 nitrogen and oxygen atoms in total. The Kier molecular flexibility index (Phi) is 4.73. The van der Waals surface area contributed by atoms with E-state index in [0.29, 0.717) is 0 Å². The molecule has 0 aliphatic rings. The summed E-state index contributed by atoms with van der Waals surface area (Å²) in [5.41, 5.74) is -0.717. The van der Waals surface area contributed by atoms with E-state index in [2.05, 4.69) is 15.9 Å². The summed E-state index contributed by atoms with van der Waals surface area (Å²) in [7, 11) is 1.26. The van der Waals surface area contributed by atoms with Crippen LogP contribution in [0.1, 0.15) is 10.4 Å². The molecule has 0 radical (unpaired) electrons. The van der Waals surface area contributed by atoms with E-state index >= 15 is 0 Å². The van der Waals surface area contributed by atoms with Gasteiger partial charge in [0.25, 0.3) is 0 Å². The summed E-state index contributed by atoms with van der Waals surface area (Å²) in [6.07, 6.45) is -11.4. The highest BCUT2D eigenvalue weighted by molar-refractivity contribution is 9.10. The monoisotopic (exact) mass is 364 g/mol. The van der Waals surface area contributed by atoms with Crippen LogP contribution < -0.4 is 4.74 Å². The number of methoxy groups -OCH3 is 1. The van der Waals surface area contributed by atoms with Crippen LogP contribution in [0.3, 0.4) is 0 Å². The lowest BCUT2D eigenvalue weighted by Gasteiger charge is -2.22. The molecular formula is C11H7BrF6O2. The summed E-state index contributed by atoms with van der Waals surface area (Å²) >= 11 is 2.75. The Morgan fingerprint density at radius 1 is 1.15 bits per heavy atom. The predicted octanol–water partition coefficient (Wildman–Crippen LogP) is 4.38. The van der Waals surface area contributed by atoms with Crippen molar-refractivity contribution in [2.24, 2.45) is 5.92 Å². The fraction of sp³-hybridized carbons (Fsp3) is 0.364. The first-order chi connectivity index (χ1) is 8.98. The van der Waals surface area contributed by atoms with Crippen molar-refractivity contribution in [1.82, 2.24) is 0 Å². The molecule has 0 aliphatic heterocycles. The summed E-state index contributed by atoms with van der Waals surface area (Å²) in [4.78, 5) is 11.5. The van der Waals surface area contributed by atoms with Gasteiger partial charge in [-0.05, 0) is 34.1 Å². The summed E-state index contributed by atoms with van der Waals surface area (Å²) in [5, 5.41) is 0. The highest BCUT2D eigenvalue weighted by Gasteiger charge is 2.61. The number of benzene rings is 1. The van der Waals surface area contributed by atoms with Crippen LogP contribution in [-0.4, -0.2) is 25.2 Å². The molecule has 0 N–H and O–H groups in total. The number of halogens is 7. The third kappa shape index (κ3) is 3.65. The highest BCUT2D eigenvalue weighted by atomic mass is 79.9. The number of hydrogen-bond donors (Lipinski definition) is 0. The van der Waals surface area contributed by atoms with E-state index < -0.39 is 29.6 Å². The largest absolute Gasteiger partial charge is 0.497 e. The van der Waals surface area contributed by atoms with Crippen LogP contribution in [0.5, 0.6) is 5.75 Å². The normalized spacial score (nSPS) is 12.7. The quantitative estimate of drug-likeness (QED) is 0.587. The van der Waals surface area contributed by atoms with Crippen molar-refractivity contribution in [2.45, 2.75) is 12.4 Å². The molecule has 112 valence electrons. The summed E-state index contributed by atoms with van der Waals surface area (Å²) < 4.78 is 79.2. The molecule has 0 bridgehead atoms. The molecule has 0 aromatic heterocycles. The van der Waals surface area contributed by atoms with E-state index in [-0.39, 0.29) is 10.2 Å². The summed E-state index contributed by atoms with van der Waals surface area (Å²) in [5.74, 6) is -5.94. The Morgan fingerprint density at radius 3 is 2.00 bits per heavy atom. The second kappa shape index (κ2) is 5.63. The topological polar surface area (TPSA) is 26.3 Å². The van der Waals surface area contributed by atoms with Crippen LogP contribution in [0, 0.1) is 5.92 Å². The molecule has 20 heavy (non-hydrogen) atoms. The second-order valence-electron chi connectivity index (χ2n) is 3.73. The lowest BCUT2D eigenvalue weighted by molar-refractivity contribution is -0.264. The molecule has 0 saturated carbocycles. The van der Waals surface area contributed by atoms with Gasteiger partial charge < -0.3 is 4.74 Å². The maximum Gasteiger partial charge on any atom is 0.407 e. The van der Waals surface area contributed by atoms with E-state index in [0.717, 1.165) is 18.2 Å². The third-order valence-electron chi connectivity index (χ3n) is 2.36. The first-order valence-corrected chi connectivity index (χ1v) is 5.79. The van der Waals surface area contributed by atoms with Gasteiger partial charge in [-0.1, -0.05) is 0 Å². The van der Waals surface area contributed by atoms with E-state index in [9.17, 15) is 31.1 Å². The first-order valence-electron chi connectivity index (χ1n) is 4.99. The zero-order valence-corrected chi connectivity index (χ0v) is 11.4. The Labute approximate surface area is 117 Å². The van der Waals surface area contributed by atoms with Crippen molar-refractivity contribution < 1.29 is 35.9 Å². The van der Waals surface area contributed by atoms with Gasteiger partial charge in [0, 0.05) is 10.0 Å². The Morgan fingerprint density at radius 2 is 1.65 bits per heavy atom. The molecule has 0 aliphatic carbocycles. The third-order valence-corrected chi connectivity index (χ3v) is 3.01. The number of ether oxygens (including phenoxy) is 1. The molecule has 0 saturated heterocycles. The van der Waals surface area contributed by atoms with Crippen LogP contribution in [0.2, 0.25) is 0 Å². The van der Waals surface area contributed by atoms with Gasteiger partial charge in [-0.25, -0.2) is 0 Å². The minimum Gasteiger partial charge on any atom is -0.497 e. The molecular weight excluding hydrogens is 358 g/mol. The van der Waals surface area contributed by atoms with Crippen LogP contribution in [0.25, 0.3) is 0 Å². The standard InChI is InChI=1S/C11H7BrF6O2/c1-20-5-2-3-6(7(12)4-5)8(19)9(10(13,14)15)11(16,17)18/h2-4,9H,1H3. The van der Waals surface area contributed by atoms with Gasteiger partial charge in [-0.15, -0.1) is 0 Å². The number of ketones is 1. The molecule has 0 spiro atoms. The van der Waals surface area contributed by atoms with Crippen LogP contribution in [0.15, 0.2) is 22.7 Å². The Balaban J connectivity index is 3.27. The zero-order valence-electron chi connectivity index (χ0n) is 9.77. The smallest absolute Gasteiger partial charge is 0.407 e. The maximum absolute atomic E-state index is 12.4. The molecule has 0 unspecified atom stereocenters. The van der Waals surface area contributed by atoms with Gasteiger partial charge >= 0.3 is 12.4 Å². The lowest BCUT2D eigenvalue weighted by atomic mass is 9.96. The van der Waals surface area contributed by atoms with Crippen LogP contribution >= 0.6 is 15.9 Å². The highest BCUT2D eigenvalue weighted by Crippen LogP contribution is 2.42. The van der Waals surface area contributed by atoms with Gasteiger partial charge in [0.05, 0.1) is 7.11 Å². The fourth-order valence-electron chi connectivity index (χ4n) is 1.46. The second-order valence-corrected chi connectivity index (χ2v) is 4.58. The Hall–Kier alpha value is -1.25. The number of alkyl halides is 6. The zero-order chi connectivity index (χ0) is 15.7. The minimum absolute atomic E-state index is 0.184. The van der Waals surface area contributed by atoms with Gasteiger partial charge in [0.2, 0.25) is 5.92 Å². The van der Waals surface area contributed by atoms with Gasteiger partial charge in [0.15, 0.2) is 5.78 Å². The number of rotatable bonds is 3. The van der Waals surface area contributed by atoms with Crippen LogP contribution in [0.4, 0.5) is 26.3 Å². The first kappa shape index (κ1) is 16.8. The fourth-order valence-corrected chi connectivity index (χ4v) is 2.01. The predicted molar refractivity (Wildman–Crippen MR) is 60.6 cm³/mol. The minimum atomic E-state index is -5.71. The number of carbonyl (C=O) groups is 1.